The lowest BCUT2D eigenvalue weighted by atomic mass is 10.2. The van der Waals surface area contributed by atoms with E-state index in [1.54, 1.807) is 11.3 Å². The highest BCUT2D eigenvalue weighted by Gasteiger charge is 2.17. The first-order valence-electron chi connectivity index (χ1n) is 7.64. The number of aryl methyl sites for hydroxylation is 1. The minimum atomic E-state index is 0.0338. The van der Waals surface area contributed by atoms with Gasteiger partial charge in [-0.25, -0.2) is 4.98 Å². The van der Waals surface area contributed by atoms with Crippen LogP contribution < -0.4 is 5.32 Å². The molecule has 1 aliphatic carbocycles. The fourth-order valence-corrected chi connectivity index (χ4v) is 3.25. The Hall–Kier alpha value is -1.50. The van der Waals surface area contributed by atoms with Crippen molar-refractivity contribution in [2.24, 2.45) is 0 Å². The number of allylic oxidation sites excluding steroid dienone is 3. The summed E-state index contributed by atoms with van der Waals surface area (Å²) in [5.41, 5.74) is 2.85. The number of carbonyl (C=O) groups is 1. The van der Waals surface area contributed by atoms with Crippen LogP contribution in [0.1, 0.15) is 17.1 Å². The van der Waals surface area contributed by atoms with Gasteiger partial charge in [-0.2, -0.15) is 0 Å². The van der Waals surface area contributed by atoms with E-state index in [-0.39, 0.29) is 5.91 Å². The van der Waals surface area contributed by atoms with Crippen molar-refractivity contribution in [1.29, 1.82) is 0 Å². The maximum atomic E-state index is 12.2. The molecule has 0 radical (unpaired) electrons. The number of ether oxygens (including phenoxy) is 1. The molecule has 22 heavy (non-hydrogen) atoms. The van der Waals surface area contributed by atoms with Crippen LogP contribution in [0.2, 0.25) is 0 Å². The highest BCUT2D eigenvalue weighted by atomic mass is 32.1. The second-order valence-corrected chi connectivity index (χ2v) is 6.56. The molecule has 1 aliphatic heterocycles. The van der Waals surface area contributed by atoms with Crippen molar-refractivity contribution >= 4 is 22.8 Å². The van der Waals surface area contributed by atoms with Crippen molar-refractivity contribution in [1.82, 2.24) is 15.2 Å². The molecule has 1 N–H and O–H groups in total. The Balaban J connectivity index is 1.47. The maximum Gasteiger partial charge on any atom is 0.247 e. The minimum absolute atomic E-state index is 0.0338. The van der Waals surface area contributed by atoms with E-state index in [1.807, 2.05) is 18.4 Å². The molecule has 0 spiro atoms. The number of hydrogen-bond donors (Lipinski definition) is 1. The predicted molar refractivity (Wildman–Crippen MR) is 87.8 cm³/mol. The van der Waals surface area contributed by atoms with E-state index < -0.39 is 0 Å². The van der Waals surface area contributed by atoms with Gasteiger partial charge >= 0.3 is 0 Å². The maximum absolute atomic E-state index is 12.2. The first-order chi connectivity index (χ1) is 10.7. The summed E-state index contributed by atoms with van der Waals surface area (Å²) in [6.45, 7) is 7.04. The van der Waals surface area contributed by atoms with Gasteiger partial charge in [-0.05, 0) is 25.0 Å². The molecule has 1 aromatic heterocycles. The molecule has 1 fully saturated rings. The molecule has 3 rings (SSSR count). The monoisotopic (exact) mass is 319 g/mol. The van der Waals surface area contributed by atoms with Crippen molar-refractivity contribution in [2.75, 3.05) is 39.4 Å². The number of rotatable bonds is 5. The average molecular weight is 319 g/mol. The second-order valence-electron chi connectivity index (χ2n) is 5.49. The molecular formula is C16H21N3O2S. The van der Waals surface area contributed by atoms with Gasteiger partial charge in [0.1, 0.15) is 0 Å². The Bertz CT molecular complexity index is 600. The molecular weight excluding hydrogens is 298 g/mol. The lowest BCUT2D eigenvalue weighted by Gasteiger charge is -2.26. The van der Waals surface area contributed by atoms with Gasteiger partial charge in [-0.1, -0.05) is 6.08 Å². The molecule has 118 valence electrons. The SMILES string of the molecule is Cc1nc(C2=CCC(C(=O)NCCN3CCOCC3)=C2)cs1. The van der Waals surface area contributed by atoms with Gasteiger partial charge in [-0.15, -0.1) is 11.3 Å². The second kappa shape index (κ2) is 7.17. The van der Waals surface area contributed by atoms with E-state index in [1.165, 1.54) is 0 Å². The van der Waals surface area contributed by atoms with E-state index in [0.717, 1.165) is 54.7 Å². The summed E-state index contributed by atoms with van der Waals surface area (Å²) in [7, 11) is 0. The number of amides is 1. The molecule has 5 nitrogen and oxygen atoms in total. The summed E-state index contributed by atoms with van der Waals surface area (Å²) in [6.07, 6.45) is 4.72. The number of aromatic nitrogens is 1. The molecule has 2 aliphatic rings. The number of carbonyl (C=O) groups excluding carboxylic acids is 1. The third-order valence-electron chi connectivity index (χ3n) is 3.90. The van der Waals surface area contributed by atoms with Crippen molar-refractivity contribution in [2.45, 2.75) is 13.3 Å². The van der Waals surface area contributed by atoms with Gasteiger partial charge in [0.05, 0.1) is 23.9 Å². The van der Waals surface area contributed by atoms with Crippen LogP contribution in [-0.4, -0.2) is 55.2 Å². The smallest absolute Gasteiger partial charge is 0.247 e. The first kappa shape index (κ1) is 15.4. The van der Waals surface area contributed by atoms with E-state index in [9.17, 15) is 4.79 Å². The summed E-state index contributed by atoms with van der Waals surface area (Å²) in [5, 5.41) is 6.10. The summed E-state index contributed by atoms with van der Waals surface area (Å²) in [6, 6.07) is 0. The van der Waals surface area contributed by atoms with Crippen LogP contribution in [-0.2, 0) is 9.53 Å². The van der Waals surface area contributed by atoms with Crippen LogP contribution in [0.15, 0.2) is 23.1 Å². The van der Waals surface area contributed by atoms with E-state index >= 15 is 0 Å². The summed E-state index contributed by atoms with van der Waals surface area (Å²) >= 11 is 1.63. The van der Waals surface area contributed by atoms with Crippen LogP contribution in [0.4, 0.5) is 0 Å². The number of nitrogens with one attached hydrogen (secondary N) is 1. The Morgan fingerprint density at radius 3 is 3.00 bits per heavy atom. The third kappa shape index (κ3) is 3.82. The zero-order valence-corrected chi connectivity index (χ0v) is 13.6. The van der Waals surface area contributed by atoms with Gasteiger partial charge < -0.3 is 10.1 Å². The van der Waals surface area contributed by atoms with Gasteiger partial charge in [0.15, 0.2) is 0 Å². The third-order valence-corrected chi connectivity index (χ3v) is 4.67. The van der Waals surface area contributed by atoms with Crippen LogP contribution in [0.25, 0.3) is 5.57 Å². The highest BCUT2D eigenvalue weighted by Crippen LogP contribution is 2.27. The standard InChI is InChI=1S/C16H21N3O2S/c1-12-18-15(11-22-12)13-2-3-14(10-13)16(20)17-4-5-19-6-8-21-9-7-19/h2,10-11H,3-9H2,1H3,(H,17,20). The Labute approximate surface area is 134 Å². The van der Waals surface area contributed by atoms with Crippen LogP contribution in [0, 0.1) is 6.92 Å². The predicted octanol–water partition coefficient (Wildman–Crippen LogP) is 1.61. The zero-order valence-electron chi connectivity index (χ0n) is 12.8. The van der Waals surface area contributed by atoms with Gasteiger partial charge in [0.25, 0.3) is 0 Å². The molecule has 2 heterocycles. The average Bonchev–Trinajstić information content (AvgIpc) is 3.17. The highest BCUT2D eigenvalue weighted by molar-refractivity contribution is 7.09. The van der Waals surface area contributed by atoms with Crippen LogP contribution >= 0.6 is 11.3 Å². The van der Waals surface area contributed by atoms with Crippen molar-refractivity contribution < 1.29 is 9.53 Å². The fourth-order valence-electron chi connectivity index (χ4n) is 2.62. The summed E-state index contributed by atoms with van der Waals surface area (Å²) < 4.78 is 5.31. The van der Waals surface area contributed by atoms with E-state index in [4.69, 9.17) is 4.74 Å². The fraction of sp³-hybridized carbons (Fsp3) is 0.500. The lowest BCUT2D eigenvalue weighted by molar-refractivity contribution is -0.117. The van der Waals surface area contributed by atoms with Gasteiger partial charge in [-0.3, -0.25) is 9.69 Å². The van der Waals surface area contributed by atoms with Crippen LogP contribution in [0.3, 0.4) is 0 Å². The molecule has 1 amide bonds. The minimum Gasteiger partial charge on any atom is -0.379 e. The summed E-state index contributed by atoms with van der Waals surface area (Å²) in [4.78, 5) is 19.0. The molecule has 0 saturated carbocycles. The van der Waals surface area contributed by atoms with Crippen molar-refractivity contribution in [3.63, 3.8) is 0 Å². The molecule has 0 bridgehead atoms. The van der Waals surface area contributed by atoms with Crippen molar-refractivity contribution in [3.05, 3.63) is 33.8 Å². The normalized spacial score (nSPS) is 19.0. The van der Waals surface area contributed by atoms with E-state index in [0.29, 0.717) is 13.0 Å². The molecule has 1 saturated heterocycles. The number of morpholine rings is 1. The molecule has 0 atom stereocenters. The Morgan fingerprint density at radius 1 is 1.45 bits per heavy atom. The van der Waals surface area contributed by atoms with Gasteiger partial charge in [0.2, 0.25) is 5.91 Å². The Kier molecular flexibility index (Phi) is 5.02. The summed E-state index contributed by atoms with van der Waals surface area (Å²) in [5.74, 6) is 0.0338. The molecule has 0 aromatic carbocycles. The zero-order chi connectivity index (χ0) is 15.4. The largest absolute Gasteiger partial charge is 0.379 e. The van der Waals surface area contributed by atoms with Crippen LogP contribution in [0.5, 0.6) is 0 Å². The number of hydrogen-bond acceptors (Lipinski definition) is 5. The van der Waals surface area contributed by atoms with Crippen molar-refractivity contribution in [3.8, 4) is 0 Å². The molecule has 1 aromatic rings. The number of thiazole rings is 1. The molecule has 6 heteroatoms. The first-order valence-corrected chi connectivity index (χ1v) is 8.52. The quantitative estimate of drug-likeness (QED) is 0.896. The molecule has 0 unspecified atom stereocenters. The lowest BCUT2D eigenvalue weighted by Crippen LogP contribution is -2.41. The van der Waals surface area contributed by atoms with E-state index in [2.05, 4.69) is 21.3 Å². The van der Waals surface area contributed by atoms with Gasteiger partial charge in [0, 0.05) is 37.1 Å². The number of nitrogens with zero attached hydrogens (tertiary/aromatic N) is 2. The topological polar surface area (TPSA) is 54.5 Å². The Morgan fingerprint density at radius 2 is 2.27 bits per heavy atom.